The zero-order chi connectivity index (χ0) is 11.8. The smallest absolute Gasteiger partial charge is 0.304 e. The molecule has 2 saturated carbocycles. The Kier molecular flexibility index (Phi) is 2.96. The van der Waals surface area contributed by atoms with Gasteiger partial charge in [0.05, 0.1) is 12.2 Å². The summed E-state index contributed by atoms with van der Waals surface area (Å²) in [7, 11) is -3.41. The molecule has 5 nitrogen and oxygen atoms in total. The van der Waals surface area contributed by atoms with E-state index in [1.165, 1.54) is 12.8 Å². The summed E-state index contributed by atoms with van der Waals surface area (Å²) in [6.45, 7) is 0.500. The summed E-state index contributed by atoms with van der Waals surface area (Å²) in [6, 6.07) is 0. The van der Waals surface area contributed by atoms with Crippen molar-refractivity contribution in [2.24, 2.45) is 11.3 Å². The largest absolute Gasteiger partial charge is 0.481 e. The van der Waals surface area contributed by atoms with Crippen LogP contribution in [0.25, 0.3) is 0 Å². The highest BCUT2D eigenvalue weighted by Gasteiger charge is 2.53. The lowest BCUT2D eigenvalue weighted by Gasteiger charge is -2.14. The first-order chi connectivity index (χ1) is 7.44. The molecule has 16 heavy (non-hydrogen) atoms. The van der Waals surface area contributed by atoms with Crippen LogP contribution < -0.4 is 4.72 Å². The molecule has 0 bridgehead atoms. The van der Waals surface area contributed by atoms with Crippen molar-refractivity contribution in [1.29, 1.82) is 0 Å². The molecule has 0 unspecified atom stereocenters. The molecule has 0 atom stereocenters. The van der Waals surface area contributed by atoms with Gasteiger partial charge in [0.25, 0.3) is 0 Å². The molecule has 0 aromatic rings. The maximum Gasteiger partial charge on any atom is 0.304 e. The molecule has 2 fully saturated rings. The van der Waals surface area contributed by atoms with E-state index in [1.54, 1.807) is 0 Å². The second-order valence-electron chi connectivity index (χ2n) is 4.92. The van der Waals surface area contributed by atoms with Gasteiger partial charge in [-0.25, -0.2) is 13.1 Å². The SMILES string of the molecule is O=C(O)CCS(=O)(=O)NCC1(C2CC2)CC1. The maximum absolute atomic E-state index is 11.5. The van der Waals surface area contributed by atoms with Crippen molar-refractivity contribution in [1.82, 2.24) is 4.72 Å². The zero-order valence-electron chi connectivity index (χ0n) is 9.11. The van der Waals surface area contributed by atoms with Gasteiger partial charge in [0.1, 0.15) is 0 Å². The highest BCUT2D eigenvalue weighted by Crippen LogP contribution is 2.60. The van der Waals surface area contributed by atoms with Crippen LogP contribution in [0.4, 0.5) is 0 Å². The molecule has 0 aliphatic heterocycles. The molecule has 0 saturated heterocycles. The van der Waals surface area contributed by atoms with Gasteiger partial charge in [0.15, 0.2) is 0 Å². The Bertz CT molecular complexity index is 382. The van der Waals surface area contributed by atoms with Gasteiger partial charge in [-0.05, 0) is 37.0 Å². The fourth-order valence-corrected chi connectivity index (χ4v) is 3.23. The lowest BCUT2D eigenvalue weighted by Crippen LogP contribution is -2.33. The lowest BCUT2D eigenvalue weighted by molar-refractivity contribution is -0.136. The number of hydrogen-bond acceptors (Lipinski definition) is 3. The number of carboxylic acid groups (broad SMARTS) is 1. The summed E-state index contributed by atoms with van der Waals surface area (Å²) in [4.78, 5) is 10.3. The molecule has 2 rings (SSSR count). The molecule has 0 spiro atoms. The fraction of sp³-hybridized carbons (Fsp3) is 0.900. The van der Waals surface area contributed by atoms with Crippen molar-refractivity contribution in [3.63, 3.8) is 0 Å². The molecule has 2 N–H and O–H groups in total. The minimum atomic E-state index is -3.41. The molecule has 0 aromatic heterocycles. The summed E-state index contributed by atoms with van der Waals surface area (Å²) in [5.41, 5.74) is 0.219. The standard InChI is InChI=1S/C10H17NO4S/c12-9(13)3-6-16(14,15)11-7-10(4-5-10)8-1-2-8/h8,11H,1-7H2,(H,12,13). The number of nitrogens with one attached hydrogen (secondary N) is 1. The second-order valence-corrected chi connectivity index (χ2v) is 6.85. The number of carboxylic acids is 1. The summed E-state index contributed by atoms with van der Waals surface area (Å²) in [5, 5.41) is 8.42. The molecular formula is C10H17NO4S. The first-order valence-electron chi connectivity index (χ1n) is 5.63. The molecule has 0 aromatic carbocycles. The van der Waals surface area contributed by atoms with E-state index in [2.05, 4.69) is 4.72 Å². The van der Waals surface area contributed by atoms with Crippen molar-refractivity contribution in [3.05, 3.63) is 0 Å². The van der Waals surface area contributed by atoms with E-state index in [0.717, 1.165) is 12.8 Å². The zero-order valence-corrected chi connectivity index (χ0v) is 9.92. The number of aliphatic carboxylic acids is 1. The topological polar surface area (TPSA) is 83.5 Å². The average molecular weight is 247 g/mol. The molecule has 0 amide bonds. The van der Waals surface area contributed by atoms with Gasteiger partial charge in [-0.15, -0.1) is 0 Å². The predicted molar refractivity (Wildman–Crippen MR) is 58.4 cm³/mol. The Morgan fingerprint density at radius 2 is 2.00 bits per heavy atom. The first-order valence-corrected chi connectivity index (χ1v) is 7.28. The van der Waals surface area contributed by atoms with Crippen LogP contribution in [-0.2, 0) is 14.8 Å². The minimum absolute atomic E-state index is 0.219. The highest BCUT2D eigenvalue weighted by molar-refractivity contribution is 7.89. The van der Waals surface area contributed by atoms with Crippen LogP contribution in [0.3, 0.4) is 0 Å². The van der Waals surface area contributed by atoms with Crippen LogP contribution in [0, 0.1) is 11.3 Å². The fourth-order valence-electron chi connectivity index (χ4n) is 2.13. The Labute approximate surface area is 95.3 Å². The quantitative estimate of drug-likeness (QED) is 0.689. The van der Waals surface area contributed by atoms with Crippen molar-refractivity contribution in [2.75, 3.05) is 12.3 Å². The minimum Gasteiger partial charge on any atom is -0.481 e. The van der Waals surface area contributed by atoms with Crippen molar-refractivity contribution in [3.8, 4) is 0 Å². The first kappa shape index (κ1) is 11.9. The van der Waals surface area contributed by atoms with E-state index in [1.807, 2.05) is 0 Å². The van der Waals surface area contributed by atoms with Gasteiger partial charge in [-0.3, -0.25) is 4.79 Å². The van der Waals surface area contributed by atoms with Crippen LogP contribution in [0.1, 0.15) is 32.1 Å². The van der Waals surface area contributed by atoms with Gasteiger partial charge in [-0.1, -0.05) is 0 Å². The predicted octanol–water partition coefficient (Wildman–Crippen LogP) is 0.571. The number of hydrogen-bond donors (Lipinski definition) is 2. The van der Waals surface area contributed by atoms with E-state index in [0.29, 0.717) is 12.5 Å². The van der Waals surface area contributed by atoms with Crippen molar-refractivity contribution in [2.45, 2.75) is 32.1 Å². The normalized spacial score (nSPS) is 23.0. The molecular weight excluding hydrogens is 230 g/mol. The number of rotatable bonds is 7. The second kappa shape index (κ2) is 4.00. The molecule has 92 valence electrons. The van der Waals surface area contributed by atoms with Crippen LogP contribution in [0.5, 0.6) is 0 Å². The third-order valence-electron chi connectivity index (χ3n) is 3.56. The van der Waals surface area contributed by atoms with Gasteiger partial charge < -0.3 is 5.11 Å². The van der Waals surface area contributed by atoms with Gasteiger partial charge >= 0.3 is 5.97 Å². The Balaban J connectivity index is 1.78. The molecule has 2 aliphatic carbocycles. The molecule has 2 aliphatic rings. The summed E-state index contributed by atoms with van der Waals surface area (Å²) < 4.78 is 25.5. The third kappa shape index (κ3) is 2.95. The molecule has 0 heterocycles. The van der Waals surface area contributed by atoms with Crippen LogP contribution >= 0.6 is 0 Å². The van der Waals surface area contributed by atoms with E-state index in [-0.39, 0.29) is 17.6 Å². The number of sulfonamides is 1. The van der Waals surface area contributed by atoms with Crippen LogP contribution in [-0.4, -0.2) is 31.8 Å². The van der Waals surface area contributed by atoms with Gasteiger partial charge in [0.2, 0.25) is 10.0 Å². The Hall–Kier alpha value is -0.620. The Morgan fingerprint density at radius 1 is 1.38 bits per heavy atom. The molecule has 6 heteroatoms. The highest BCUT2D eigenvalue weighted by atomic mass is 32.2. The third-order valence-corrected chi connectivity index (χ3v) is 4.89. The van der Waals surface area contributed by atoms with E-state index in [4.69, 9.17) is 5.11 Å². The Morgan fingerprint density at radius 3 is 2.44 bits per heavy atom. The summed E-state index contributed by atoms with van der Waals surface area (Å²) >= 11 is 0. The maximum atomic E-state index is 11.5. The lowest BCUT2D eigenvalue weighted by atomic mass is 10.0. The monoisotopic (exact) mass is 247 g/mol. The average Bonchev–Trinajstić information content (AvgIpc) is 3.01. The van der Waals surface area contributed by atoms with Crippen LogP contribution in [0.15, 0.2) is 0 Å². The van der Waals surface area contributed by atoms with E-state index in [9.17, 15) is 13.2 Å². The van der Waals surface area contributed by atoms with Crippen molar-refractivity contribution < 1.29 is 18.3 Å². The van der Waals surface area contributed by atoms with E-state index >= 15 is 0 Å². The van der Waals surface area contributed by atoms with Gasteiger partial charge in [0, 0.05) is 6.54 Å². The number of carbonyl (C=O) groups is 1. The van der Waals surface area contributed by atoms with E-state index < -0.39 is 16.0 Å². The molecule has 0 radical (unpaired) electrons. The van der Waals surface area contributed by atoms with Crippen LogP contribution in [0.2, 0.25) is 0 Å². The van der Waals surface area contributed by atoms with Gasteiger partial charge in [-0.2, -0.15) is 0 Å². The summed E-state index contributed by atoms with van der Waals surface area (Å²) in [6.07, 6.45) is 4.33. The van der Waals surface area contributed by atoms with Crippen molar-refractivity contribution >= 4 is 16.0 Å². The summed E-state index contributed by atoms with van der Waals surface area (Å²) in [5.74, 6) is -0.688.